The molecule has 1 fully saturated rings. The number of piperidine rings is 1. The molecule has 0 amide bonds. The van der Waals surface area contributed by atoms with E-state index in [1.54, 1.807) is 23.5 Å². The molecule has 4 rings (SSSR count). The van der Waals surface area contributed by atoms with Crippen molar-refractivity contribution in [2.75, 3.05) is 24.6 Å². The zero-order valence-electron chi connectivity index (χ0n) is 17.4. The molecule has 0 saturated carbocycles. The molecule has 0 aliphatic carbocycles. The van der Waals surface area contributed by atoms with Gasteiger partial charge in [-0.05, 0) is 49.9 Å². The second-order valence-electron chi connectivity index (χ2n) is 7.83. The van der Waals surface area contributed by atoms with Crippen LogP contribution in [0.3, 0.4) is 0 Å². The molecule has 3 aromatic rings. The number of halogens is 1. The van der Waals surface area contributed by atoms with Crippen LogP contribution in [0.2, 0.25) is 5.02 Å². The molecular formula is C24H25ClN2O3S. The van der Waals surface area contributed by atoms with Crippen LogP contribution in [0.1, 0.15) is 33.8 Å². The van der Waals surface area contributed by atoms with Gasteiger partial charge in [-0.15, -0.1) is 11.3 Å². The van der Waals surface area contributed by atoms with Crippen molar-refractivity contribution in [2.45, 2.75) is 26.4 Å². The summed E-state index contributed by atoms with van der Waals surface area (Å²) in [6.07, 6.45) is 2.12. The second kappa shape index (κ2) is 9.81. The number of carbonyl (C=O) groups is 1. The predicted molar refractivity (Wildman–Crippen MR) is 125 cm³/mol. The number of aryl methyl sites for hydroxylation is 1. The van der Waals surface area contributed by atoms with Crippen molar-refractivity contribution in [3.8, 4) is 10.6 Å². The van der Waals surface area contributed by atoms with Crippen LogP contribution in [0, 0.1) is 12.8 Å². The average Bonchev–Trinajstić information content (AvgIpc) is 3.15. The fourth-order valence-electron chi connectivity index (χ4n) is 3.95. The van der Waals surface area contributed by atoms with E-state index in [1.807, 2.05) is 43.3 Å². The molecule has 5 nitrogen and oxygen atoms in total. The molecule has 0 radical (unpaired) electrons. The van der Waals surface area contributed by atoms with Crippen LogP contribution in [0.25, 0.3) is 10.6 Å². The number of carboxylic acids is 1. The number of anilines is 1. The van der Waals surface area contributed by atoms with Crippen LogP contribution >= 0.6 is 22.9 Å². The molecule has 1 N–H and O–H groups in total. The van der Waals surface area contributed by atoms with Crippen molar-refractivity contribution in [1.82, 2.24) is 4.98 Å². The van der Waals surface area contributed by atoms with Crippen molar-refractivity contribution >= 4 is 34.6 Å². The molecule has 2 aromatic carbocycles. The maximum absolute atomic E-state index is 11.6. The molecule has 1 atom stereocenters. The zero-order valence-corrected chi connectivity index (χ0v) is 19.0. The normalized spacial score (nSPS) is 16.5. The summed E-state index contributed by atoms with van der Waals surface area (Å²) in [7, 11) is 0. The summed E-state index contributed by atoms with van der Waals surface area (Å²) in [4.78, 5) is 19.6. The highest BCUT2D eigenvalue weighted by molar-refractivity contribution is 7.15. The van der Waals surface area contributed by atoms with E-state index < -0.39 is 5.97 Å². The van der Waals surface area contributed by atoms with Gasteiger partial charge in [0.25, 0.3) is 0 Å². The molecule has 1 aliphatic heterocycles. The van der Waals surface area contributed by atoms with Gasteiger partial charge in [0.05, 0.1) is 35.0 Å². The van der Waals surface area contributed by atoms with E-state index in [0.717, 1.165) is 52.8 Å². The Balaban J connectivity index is 1.35. The summed E-state index contributed by atoms with van der Waals surface area (Å²) in [5.74, 6) is -0.509. The van der Waals surface area contributed by atoms with Gasteiger partial charge in [-0.3, -0.25) is 0 Å². The third-order valence-corrected chi connectivity index (χ3v) is 7.00. The van der Waals surface area contributed by atoms with Gasteiger partial charge >= 0.3 is 5.97 Å². The lowest BCUT2D eigenvalue weighted by Crippen LogP contribution is -2.38. The lowest BCUT2D eigenvalue weighted by Gasteiger charge is -2.35. The number of carboxylic acid groups (broad SMARTS) is 1. The largest absolute Gasteiger partial charge is 0.478 e. The standard InChI is InChI=1S/C24H25ClN2O3S/c1-16-22(31-23(26-16)18-8-10-19(25)11-9-18)15-30-14-17-5-4-12-27(13-17)21-7-3-2-6-20(21)24(28)29/h2-3,6-11,17H,4-5,12-15H2,1H3,(H,28,29)/t17-/m1/s1. The molecule has 1 saturated heterocycles. The monoisotopic (exact) mass is 456 g/mol. The van der Waals surface area contributed by atoms with Crippen molar-refractivity contribution in [2.24, 2.45) is 5.92 Å². The van der Waals surface area contributed by atoms with Crippen molar-refractivity contribution in [3.63, 3.8) is 0 Å². The molecule has 1 aliphatic rings. The van der Waals surface area contributed by atoms with Crippen LogP contribution in [-0.2, 0) is 11.3 Å². The number of ether oxygens (including phenoxy) is 1. The maximum atomic E-state index is 11.6. The van der Waals surface area contributed by atoms with Crippen LogP contribution in [0.4, 0.5) is 5.69 Å². The summed E-state index contributed by atoms with van der Waals surface area (Å²) in [5.41, 5.74) is 3.21. The van der Waals surface area contributed by atoms with Crippen molar-refractivity contribution < 1.29 is 14.6 Å². The molecule has 0 spiro atoms. The average molecular weight is 457 g/mol. The Morgan fingerprint density at radius 2 is 2.03 bits per heavy atom. The predicted octanol–water partition coefficient (Wildman–Crippen LogP) is 5.90. The van der Waals surface area contributed by atoms with Gasteiger partial charge in [0.1, 0.15) is 5.01 Å². The van der Waals surface area contributed by atoms with Crippen molar-refractivity contribution in [1.29, 1.82) is 0 Å². The Labute approximate surface area is 191 Å². The Morgan fingerprint density at radius 1 is 1.26 bits per heavy atom. The Kier molecular flexibility index (Phi) is 6.90. The maximum Gasteiger partial charge on any atom is 0.337 e. The summed E-state index contributed by atoms with van der Waals surface area (Å²) in [6, 6.07) is 14.9. The summed E-state index contributed by atoms with van der Waals surface area (Å²) in [6.45, 7) is 4.89. The minimum Gasteiger partial charge on any atom is -0.478 e. The van der Waals surface area contributed by atoms with Crippen molar-refractivity contribution in [3.05, 3.63) is 69.7 Å². The van der Waals surface area contributed by atoms with Gasteiger partial charge in [0, 0.05) is 23.7 Å². The van der Waals surface area contributed by atoms with Gasteiger partial charge in [-0.2, -0.15) is 0 Å². The highest BCUT2D eigenvalue weighted by Crippen LogP contribution is 2.30. The number of aromatic nitrogens is 1. The van der Waals surface area contributed by atoms with Gasteiger partial charge in [-0.1, -0.05) is 35.9 Å². The summed E-state index contributed by atoms with van der Waals surface area (Å²) >= 11 is 7.63. The quantitative estimate of drug-likeness (QED) is 0.479. The fraction of sp³-hybridized carbons (Fsp3) is 0.333. The van der Waals surface area contributed by atoms with Crippen LogP contribution in [-0.4, -0.2) is 35.8 Å². The van der Waals surface area contributed by atoms with Gasteiger partial charge in [-0.25, -0.2) is 9.78 Å². The molecule has 2 heterocycles. The molecule has 1 aromatic heterocycles. The third-order valence-electron chi connectivity index (χ3n) is 5.56. The number of thiazole rings is 1. The topological polar surface area (TPSA) is 62.7 Å². The van der Waals surface area contributed by atoms with Gasteiger partial charge in [0.2, 0.25) is 0 Å². The number of para-hydroxylation sites is 1. The lowest BCUT2D eigenvalue weighted by molar-refractivity contribution is 0.0696. The van der Waals surface area contributed by atoms with E-state index in [-0.39, 0.29) is 0 Å². The Bertz CT molecular complexity index is 1050. The van der Waals surface area contributed by atoms with E-state index in [2.05, 4.69) is 9.88 Å². The van der Waals surface area contributed by atoms with E-state index in [1.165, 1.54) is 0 Å². The number of nitrogens with zero attached hydrogens (tertiary/aromatic N) is 2. The van der Waals surface area contributed by atoms with E-state index >= 15 is 0 Å². The van der Waals surface area contributed by atoms with Crippen LogP contribution in [0.15, 0.2) is 48.5 Å². The highest BCUT2D eigenvalue weighted by atomic mass is 35.5. The first-order chi connectivity index (χ1) is 15.0. The van der Waals surface area contributed by atoms with Gasteiger partial charge in [0.15, 0.2) is 0 Å². The fourth-order valence-corrected chi connectivity index (χ4v) is 5.08. The first-order valence-corrected chi connectivity index (χ1v) is 11.6. The smallest absolute Gasteiger partial charge is 0.337 e. The SMILES string of the molecule is Cc1nc(-c2ccc(Cl)cc2)sc1COC[C@@H]1CCCN(c2ccccc2C(=O)O)C1. The van der Waals surface area contributed by atoms with Gasteiger partial charge < -0.3 is 14.7 Å². The third kappa shape index (κ3) is 5.26. The molecule has 7 heteroatoms. The molecule has 31 heavy (non-hydrogen) atoms. The minimum absolute atomic E-state index is 0.360. The van der Waals surface area contributed by atoms with E-state index in [4.69, 9.17) is 16.3 Å². The molecule has 0 bridgehead atoms. The first kappa shape index (κ1) is 21.8. The summed E-state index contributed by atoms with van der Waals surface area (Å²) in [5, 5.41) is 11.2. The highest BCUT2D eigenvalue weighted by Gasteiger charge is 2.23. The molecule has 162 valence electrons. The second-order valence-corrected chi connectivity index (χ2v) is 9.35. The van der Waals surface area contributed by atoms with Crippen LogP contribution in [0.5, 0.6) is 0 Å². The van der Waals surface area contributed by atoms with E-state index in [0.29, 0.717) is 29.7 Å². The number of rotatable bonds is 7. The van der Waals surface area contributed by atoms with Crippen LogP contribution < -0.4 is 4.90 Å². The van der Waals surface area contributed by atoms with E-state index in [9.17, 15) is 9.90 Å². The number of hydrogen-bond acceptors (Lipinski definition) is 5. The minimum atomic E-state index is -0.883. The first-order valence-electron chi connectivity index (χ1n) is 10.4. The molecular weight excluding hydrogens is 432 g/mol. The number of benzene rings is 2. The number of aromatic carboxylic acids is 1. The zero-order chi connectivity index (χ0) is 21.8. The molecule has 0 unspecified atom stereocenters. The summed E-state index contributed by atoms with van der Waals surface area (Å²) < 4.78 is 6.08. The number of hydrogen-bond donors (Lipinski definition) is 1. The Morgan fingerprint density at radius 3 is 2.81 bits per heavy atom. The lowest BCUT2D eigenvalue weighted by atomic mass is 9.97. The Hall–Kier alpha value is -2.41.